The molecule has 2 rings (SSSR count). The van der Waals surface area contributed by atoms with E-state index in [1.54, 1.807) is 12.1 Å². The zero-order valence-electron chi connectivity index (χ0n) is 5.84. The average molecular weight is 219 g/mol. The minimum atomic E-state index is 0.109. The molecule has 1 nitrogen and oxygen atoms in total. The first kappa shape index (κ1) is 8.17. The lowest BCUT2D eigenvalue weighted by atomic mass is 10.2. The highest BCUT2D eigenvalue weighted by molar-refractivity contribution is 7.18. The van der Waals surface area contributed by atoms with Crippen LogP contribution in [0.25, 0.3) is 10.1 Å². The number of rotatable bonds is 0. The summed E-state index contributed by atoms with van der Waals surface area (Å²) >= 11 is 13.1. The van der Waals surface area contributed by atoms with Crippen molar-refractivity contribution < 1.29 is 5.11 Å². The van der Waals surface area contributed by atoms with Gasteiger partial charge in [0.25, 0.3) is 0 Å². The molecule has 1 aromatic carbocycles. The molecular formula is C8H4Cl2OS. The number of thiophene rings is 1. The molecule has 0 radical (unpaired) electrons. The van der Waals surface area contributed by atoms with Crippen molar-refractivity contribution in [3.8, 4) is 5.75 Å². The van der Waals surface area contributed by atoms with Crippen LogP contribution in [0.2, 0.25) is 10.0 Å². The number of halogens is 2. The fraction of sp³-hybridized carbons (Fsp3) is 0. The Balaban J connectivity index is 2.97. The topological polar surface area (TPSA) is 20.2 Å². The summed E-state index contributed by atoms with van der Waals surface area (Å²) in [5.74, 6) is 0.109. The molecule has 0 saturated heterocycles. The lowest BCUT2D eigenvalue weighted by Gasteiger charge is -1.99. The molecule has 12 heavy (non-hydrogen) atoms. The van der Waals surface area contributed by atoms with E-state index in [1.807, 2.05) is 5.38 Å². The van der Waals surface area contributed by atoms with Crippen LogP contribution < -0.4 is 0 Å². The van der Waals surface area contributed by atoms with Crippen molar-refractivity contribution in [1.82, 2.24) is 0 Å². The summed E-state index contributed by atoms with van der Waals surface area (Å²) in [4.78, 5) is 0. The van der Waals surface area contributed by atoms with Gasteiger partial charge in [0.15, 0.2) is 0 Å². The molecule has 0 atom stereocenters. The first-order valence-electron chi connectivity index (χ1n) is 3.24. The Morgan fingerprint density at radius 2 is 2.00 bits per heavy atom. The standard InChI is InChI=1S/C8H4Cl2OS/c9-5-3-6(10)8-4(7(5)11)1-2-12-8/h1-3,11H. The monoisotopic (exact) mass is 218 g/mol. The Hall–Kier alpha value is -0.440. The van der Waals surface area contributed by atoms with E-state index in [1.165, 1.54) is 11.3 Å². The van der Waals surface area contributed by atoms with Gasteiger partial charge in [0.1, 0.15) is 5.75 Å². The number of phenols is 1. The number of hydrogen-bond acceptors (Lipinski definition) is 2. The minimum Gasteiger partial charge on any atom is -0.506 e. The van der Waals surface area contributed by atoms with Crippen LogP contribution in [-0.4, -0.2) is 5.11 Å². The second kappa shape index (κ2) is 2.80. The van der Waals surface area contributed by atoms with Crippen molar-refractivity contribution in [3.63, 3.8) is 0 Å². The lowest BCUT2D eigenvalue weighted by molar-refractivity contribution is 0.482. The Morgan fingerprint density at radius 3 is 2.75 bits per heavy atom. The first-order chi connectivity index (χ1) is 5.70. The quantitative estimate of drug-likeness (QED) is 0.711. The molecule has 62 valence electrons. The smallest absolute Gasteiger partial charge is 0.142 e. The third-order valence-electron chi connectivity index (χ3n) is 1.62. The molecule has 0 aliphatic rings. The molecule has 0 bridgehead atoms. The number of aromatic hydroxyl groups is 1. The van der Waals surface area contributed by atoms with Gasteiger partial charge in [-0.2, -0.15) is 0 Å². The molecule has 1 aromatic heterocycles. The van der Waals surface area contributed by atoms with E-state index in [4.69, 9.17) is 23.2 Å². The molecule has 0 fully saturated rings. The zero-order chi connectivity index (χ0) is 8.72. The molecule has 1 N–H and O–H groups in total. The lowest BCUT2D eigenvalue weighted by Crippen LogP contribution is -1.71. The fourth-order valence-corrected chi connectivity index (χ4v) is 2.47. The van der Waals surface area contributed by atoms with E-state index in [0.717, 1.165) is 10.1 Å². The summed E-state index contributed by atoms with van der Waals surface area (Å²) in [7, 11) is 0. The SMILES string of the molecule is Oc1c(Cl)cc(Cl)c2sccc12. The van der Waals surface area contributed by atoms with Gasteiger partial charge in [-0.25, -0.2) is 0 Å². The van der Waals surface area contributed by atoms with Crippen LogP contribution in [0.4, 0.5) is 0 Å². The molecule has 1 heterocycles. The van der Waals surface area contributed by atoms with Crippen molar-refractivity contribution in [2.24, 2.45) is 0 Å². The van der Waals surface area contributed by atoms with Crippen LogP contribution in [0.15, 0.2) is 17.5 Å². The van der Waals surface area contributed by atoms with Crippen LogP contribution in [0.5, 0.6) is 5.75 Å². The van der Waals surface area contributed by atoms with Gasteiger partial charge >= 0.3 is 0 Å². The highest BCUT2D eigenvalue weighted by Gasteiger charge is 2.09. The van der Waals surface area contributed by atoms with Crippen molar-refractivity contribution >= 4 is 44.6 Å². The summed E-state index contributed by atoms with van der Waals surface area (Å²) < 4.78 is 0.874. The number of phenolic OH excluding ortho intramolecular Hbond substituents is 1. The van der Waals surface area contributed by atoms with Gasteiger partial charge in [-0.1, -0.05) is 23.2 Å². The van der Waals surface area contributed by atoms with E-state index < -0.39 is 0 Å². The van der Waals surface area contributed by atoms with Crippen molar-refractivity contribution in [2.45, 2.75) is 0 Å². The Kier molecular flexibility index (Phi) is 1.91. The third kappa shape index (κ3) is 1.07. The third-order valence-corrected chi connectivity index (χ3v) is 3.26. The highest BCUT2D eigenvalue weighted by atomic mass is 35.5. The minimum absolute atomic E-state index is 0.109. The number of hydrogen-bond donors (Lipinski definition) is 1. The van der Waals surface area contributed by atoms with Crippen molar-refractivity contribution in [2.75, 3.05) is 0 Å². The molecule has 4 heteroatoms. The highest BCUT2D eigenvalue weighted by Crippen LogP contribution is 2.39. The van der Waals surface area contributed by atoms with Gasteiger partial charge in [0.2, 0.25) is 0 Å². The molecule has 0 aliphatic carbocycles. The predicted octanol–water partition coefficient (Wildman–Crippen LogP) is 3.91. The maximum atomic E-state index is 9.49. The van der Waals surface area contributed by atoms with Gasteiger partial charge in [0.05, 0.1) is 14.7 Å². The molecule has 0 aliphatic heterocycles. The van der Waals surface area contributed by atoms with E-state index in [9.17, 15) is 5.11 Å². The Morgan fingerprint density at radius 1 is 1.25 bits per heavy atom. The second-order valence-electron chi connectivity index (χ2n) is 2.35. The molecule has 0 saturated carbocycles. The van der Waals surface area contributed by atoms with Crippen LogP contribution in [0, 0.1) is 0 Å². The van der Waals surface area contributed by atoms with E-state index in [-0.39, 0.29) is 5.75 Å². The fourth-order valence-electron chi connectivity index (χ4n) is 1.05. The normalized spacial score (nSPS) is 10.8. The van der Waals surface area contributed by atoms with Crippen LogP contribution in [-0.2, 0) is 0 Å². The zero-order valence-corrected chi connectivity index (χ0v) is 8.17. The Bertz CT molecular complexity index is 436. The molecule has 2 aromatic rings. The first-order valence-corrected chi connectivity index (χ1v) is 4.88. The van der Waals surface area contributed by atoms with Crippen LogP contribution >= 0.6 is 34.5 Å². The second-order valence-corrected chi connectivity index (χ2v) is 4.08. The van der Waals surface area contributed by atoms with E-state index in [0.29, 0.717) is 10.0 Å². The number of benzene rings is 1. The maximum absolute atomic E-state index is 9.49. The predicted molar refractivity (Wildman–Crippen MR) is 53.5 cm³/mol. The van der Waals surface area contributed by atoms with Crippen molar-refractivity contribution in [1.29, 1.82) is 0 Å². The van der Waals surface area contributed by atoms with Gasteiger partial charge in [0, 0.05) is 5.39 Å². The molecule has 0 spiro atoms. The average Bonchev–Trinajstić information content (AvgIpc) is 2.48. The van der Waals surface area contributed by atoms with Gasteiger partial charge in [-0.05, 0) is 17.5 Å². The molecule has 0 unspecified atom stereocenters. The molecular weight excluding hydrogens is 215 g/mol. The Labute approximate surface area is 83.2 Å². The summed E-state index contributed by atoms with van der Waals surface area (Å²) in [6, 6.07) is 3.35. The van der Waals surface area contributed by atoms with Crippen LogP contribution in [0.3, 0.4) is 0 Å². The summed E-state index contributed by atoms with van der Waals surface area (Å²) in [6.45, 7) is 0. The summed E-state index contributed by atoms with van der Waals surface area (Å²) in [5, 5.41) is 13.0. The van der Waals surface area contributed by atoms with E-state index in [2.05, 4.69) is 0 Å². The summed E-state index contributed by atoms with van der Waals surface area (Å²) in [5.41, 5.74) is 0. The van der Waals surface area contributed by atoms with Gasteiger partial charge in [-0.15, -0.1) is 11.3 Å². The largest absolute Gasteiger partial charge is 0.506 e. The van der Waals surface area contributed by atoms with Gasteiger partial charge in [-0.3, -0.25) is 0 Å². The van der Waals surface area contributed by atoms with Gasteiger partial charge < -0.3 is 5.11 Å². The number of fused-ring (bicyclic) bond motifs is 1. The van der Waals surface area contributed by atoms with Crippen molar-refractivity contribution in [3.05, 3.63) is 27.6 Å². The molecule has 0 amide bonds. The van der Waals surface area contributed by atoms with E-state index >= 15 is 0 Å². The summed E-state index contributed by atoms with van der Waals surface area (Å²) in [6.07, 6.45) is 0. The van der Waals surface area contributed by atoms with Crippen LogP contribution in [0.1, 0.15) is 0 Å². The maximum Gasteiger partial charge on any atom is 0.142 e.